The molecule has 2 aromatic carbocycles. The van der Waals surface area contributed by atoms with Crippen LogP contribution in [0.25, 0.3) is 0 Å². The molecule has 80 valence electrons. The maximum atomic E-state index is 5.80. The lowest BCUT2D eigenvalue weighted by Crippen LogP contribution is -2.17. The topological polar surface area (TPSA) is 18.5 Å². The highest BCUT2D eigenvalue weighted by atomic mass is 16.7. The van der Waals surface area contributed by atoms with Gasteiger partial charge in [-0.3, -0.25) is 0 Å². The highest BCUT2D eigenvalue weighted by molar-refractivity contribution is 5.34. The van der Waals surface area contributed by atoms with Crippen molar-refractivity contribution in [3.63, 3.8) is 0 Å². The van der Waals surface area contributed by atoms with Crippen LogP contribution in [0.15, 0.2) is 54.6 Å². The molecular formula is C14H12O2. The van der Waals surface area contributed by atoms with Crippen LogP contribution < -0.4 is 4.74 Å². The zero-order valence-electron chi connectivity index (χ0n) is 8.80. The number of para-hydroxylation sites is 1. The first-order valence-corrected chi connectivity index (χ1v) is 5.34. The third-order valence-corrected chi connectivity index (χ3v) is 2.67. The molecule has 0 unspecified atom stereocenters. The van der Waals surface area contributed by atoms with E-state index in [4.69, 9.17) is 9.47 Å². The highest BCUT2D eigenvalue weighted by Crippen LogP contribution is 2.32. The predicted octanol–water partition coefficient (Wildman–Crippen LogP) is 3.29. The summed E-state index contributed by atoms with van der Waals surface area (Å²) in [6.45, 7) is 0.607. The van der Waals surface area contributed by atoms with Crippen molar-refractivity contribution in [2.75, 3.05) is 0 Å². The minimum atomic E-state index is -0.281. The van der Waals surface area contributed by atoms with E-state index in [0.717, 1.165) is 16.9 Å². The molecule has 0 aliphatic carbocycles. The van der Waals surface area contributed by atoms with E-state index in [0.29, 0.717) is 6.61 Å². The van der Waals surface area contributed by atoms with E-state index < -0.39 is 0 Å². The van der Waals surface area contributed by atoms with Gasteiger partial charge in [-0.25, -0.2) is 0 Å². The van der Waals surface area contributed by atoms with Crippen molar-refractivity contribution in [1.29, 1.82) is 0 Å². The lowest BCUT2D eigenvalue weighted by molar-refractivity contribution is -0.111. The quantitative estimate of drug-likeness (QED) is 0.722. The maximum Gasteiger partial charge on any atom is 0.227 e. The largest absolute Gasteiger partial charge is 0.460 e. The molecule has 0 amide bonds. The number of fused-ring (bicyclic) bond motifs is 1. The first-order chi connectivity index (χ1) is 7.93. The summed E-state index contributed by atoms with van der Waals surface area (Å²) >= 11 is 0. The Balaban J connectivity index is 1.89. The molecule has 3 rings (SSSR count). The average Bonchev–Trinajstić information content (AvgIpc) is 2.39. The summed E-state index contributed by atoms with van der Waals surface area (Å²) in [7, 11) is 0. The minimum Gasteiger partial charge on any atom is -0.460 e. The molecule has 0 spiro atoms. The number of hydrogen-bond acceptors (Lipinski definition) is 2. The summed E-state index contributed by atoms with van der Waals surface area (Å²) < 4.78 is 11.5. The van der Waals surface area contributed by atoms with Gasteiger partial charge in [-0.2, -0.15) is 0 Å². The molecule has 1 aliphatic rings. The van der Waals surface area contributed by atoms with Crippen LogP contribution >= 0.6 is 0 Å². The molecule has 1 heterocycles. The van der Waals surface area contributed by atoms with Crippen LogP contribution in [0, 0.1) is 0 Å². The summed E-state index contributed by atoms with van der Waals surface area (Å²) in [5.41, 5.74) is 2.16. The Bertz CT molecular complexity index is 479. The molecule has 0 saturated heterocycles. The summed E-state index contributed by atoms with van der Waals surface area (Å²) in [6, 6.07) is 18.0. The standard InChI is InChI=1S/C14H12O2/c1-2-6-11(7-3-1)14-15-10-12-8-4-5-9-13(12)16-14/h1-9,14H,10H2/t14-/m1/s1. The van der Waals surface area contributed by atoms with Crippen LogP contribution in [0.2, 0.25) is 0 Å². The highest BCUT2D eigenvalue weighted by Gasteiger charge is 2.20. The number of ether oxygens (including phenoxy) is 2. The SMILES string of the molecule is c1ccc([C@@H]2OCc3ccccc3O2)cc1. The molecule has 16 heavy (non-hydrogen) atoms. The zero-order chi connectivity index (χ0) is 10.8. The van der Waals surface area contributed by atoms with Crippen molar-refractivity contribution in [2.24, 2.45) is 0 Å². The monoisotopic (exact) mass is 212 g/mol. The normalized spacial score (nSPS) is 18.6. The van der Waals surface area contributed by atoms with Crippen LogP contribution in [0.4, 0.5) is 0 Å². The van der Waals surface area contributed by atoms with Gasteiger partial charge < -0.3 is 9.47 Å². The Kier molecular flexibility index (Phi) is 2.35. The van der Waals surface area contributed by atoms with E-state index in [9.17, 15) is 0 Å². The summed E-state index contributed by atoms with van der Waals surface area (Å²) in [5, 5.41) is 0. The van der Waals surface area contributed by atoms with Crippen LogP contribution in [-0.2, 0) is 11.3 Å². The Labute approximate surface area is 94.4 Å². The van der Waals surface area contributed by atoms with Crippen LogP contribution in [-0.4, -0.2) is 0 Å². The van der Waals surface area contributed by atoms with Gasteiger partial charge in [0.25, 0.3) is 0 Å². The van der Waals surface area contributed by atoms with Crippen LogP contribution in [0.3, 0.4) is 0 Å². The van der Waals surface area contributed by atoms with Crippen molar-refractivity contribution >= 4 is 0 Å². The maximum absolute atomic E-state index is 5.80. The lowest BCUT2D eigenvalue weighted by atomic mass is 10.1. The third-order valence-electron chi connectivity index (χ3n) is 2.67. The molecule has 2 heteroatoms. The number of rotatable bonds is 1. The van der Waals surface area contributed by atoms with Gasteiger partial charge in [0.1, 0.15) is 5.75 Å². The second-order valence-electron chi connectivity index (χ2n) is 3.78. The molecule has 0 N–H and O–H groups in total. The number of benzene rings is 2. The molecule has 0 bridgehead atoms. The second-order valence-corrected chi connectivity index (χ2v) is 3.78. The summed E-state index contributed by atoms with van der Waals surface area (Å²) in [6.07, 6.45) is -0.281. The summed E-state index contributed by atoms with van der Waals surface area (Å²) in [4.78, 5) is 0. The van der Waals surface area contributed by atoms with Crippen molar-refractivity contribution in [3.05, 3.63) is 65.7 Å². The van der Waals surface area contributed by atoms with Crippen LogP contribution in [0.1, 0.15) is 17.4 Å². The van der Waals surface area contributed by atoms with Gasteiger partial charge in [0.2, 0.25) is 6.29 Å². The number of hydrogen-bond donors (Lipinski definition) is 0. The van der Waals surface area contributed by atoms with Gasteiger partial charge in [-0.1, -0.05) is 48.5 Å². The smallest absolute Gasteiger partial charge is 0.227 e. The Morgan fingerprint density at radius 1 is 0.875 bits per heavy atom. The van der Waals surface area contributed by atoms with E-state index in [2.05, 4.69) is 0 Å². The Hall–Kier alpha value is -1.80. The first-order valence-electron chi connectivity index (χ1n) is 5.34. The predicted molar refractivity (Wildman–Crippen MR) is 61.0 cm³/mol. The molecule has 0 radical (unpaired) electrons. The molecule has 1 aliphatic heterocycles. The third kappa shape index (κ3) is 1.68. The van der Waals surface area contributed by atoms with E-state index >= 15 is 0 Å². The fourth-order valence-electron chi connectivity index (χ4n) is 1.83. The van der Waals surface area contributed by atoms with E-state index in [1.165, 1.54) is 0 Å². The molecule has 0 saturated carbocycles. The molecule has 2 aromatic rings. The fraction of sp³-hybridized carbons (Fsp3) is 0.143. The van der Waals surface area contributed by atoms with Gasteiger partial charge >= 0.3 is 0 Å². The van der Waals surface area contributed by atoms with Gasteiger partial charge in [0, 0.05) is 11.1 Å². The molecule has 0 aromatic heterocycles. The van der Waals surface area contributed by atoms with E-state index in [1.54, 1.807) is 0 Å². The fourth-order valence-corrected chi connectivity index (χ4v) is 1.83. The van der Waals surface area contributed by atoms with Crippen molar-refractivity contribution < 1.29 is 9.47 Å². The van der Waals surface area contributed by atoms with Crippen molar-refractivity contribution in [3.8, 4) is 5.75 Å². The first kappa shape index (κ1) is 9.43. The second kappa shape index (κ2) is 3.99. The Morgan fingerprint density at radius 2 is 1.62 bits per heavy atom. The molecular weight excluding hydrogens is 200 g/mol. The Morgan fingerprint density at radius 3 is 2.50 bits per heavy atom. The molecule has 1 atom stereocenters. The lowest BCUT2D eigenvalue weighted by Gasteiger charge is -2.26. The van der Waals surface area contributed by atoms with E-state index in [-0.39, 0.29) is 6.29 Å². The summed E-state index contributed by atoms with van der Waals surface area (Å²) in [5.74, 6) is 0.919. The van der Waals surface area contributed by atoms with Gasteiger partial charge in [-0.05, 0) is 6.07 Å². The molecule has 2 nitrogen and oxygen atoms in total. The minimum absolute atomic E-state index is 0.281. The zero-order valence-corrected chi connectivity index (χ0v) is 8.80. The van der Waals surface area contributed by atoms with Crippen molar-refractivity contribution in [2.45, 2.75) is 12.9 Å². The van der Waals surface area contributed by atoms with Gasteiger partial charge in [-0.15, -0.1) is 0 Å². The van der Waals surface area contributed by atoms with Gasteiger partial charge in [0.15, 0.2) is 0 Å². The molecule has 0 fully saturated rings. The van der Waals surface area contributed by atoms with Crippen molar-refractivity contribution in [1.82, 2.24) is 0 Å². The van der Waals surface area contributed by atoms with Crippen LogP contribution in [0.5, 0.6) is 5.75 Å². The average molecular weight is 212 g/mol. The van der Waals surface area contributed by atoms with E-state index in [1.807, 2.05) is 54.6 Å². The van der Waals surface area contributed by atoms with Gasteiger partial charge in [0.05, 0.1) is 6.61 Å².